The third-order valence-electron chi connectivity index (χ3n) is 1.05. The summed E-state index contributed by atoms with van der Waals surface area (Å²) in [7, 11) is -1.33. The highest BCUT2D eigenvalue weighted by atomic mass is 28.3. The van der Waals surface area contributed by atoms with Gasteiger partial charge in [-0.15, -0.1) is 5.54 Å². The van der Waals surface area contributed by atoms with Crippen LogP contribution in [-0.4, -0.2) is 19.3 Å². The van der Waals surface area contributed by atoms with E-state index in [0.717, 1.165) is 5.57 Å². The third-order valence-corrected chi connectivity index (χ3v) is 1.95. The van der Waals surface area contributed by atoms with E-state index in [0.29, 0.717) is 0 Å². The highest BCUT2D eigenvalue weighted by Crippen LogP contribution is 1.99. The van der Waals surface area contributed by atoms with Gasteiger partial charge in [0.15, 0.2) is 0 Å². The average Bonchev–Trinajstić information content (AvgIpc) is 1.80. The fourth-order valence-electron chi connectivity index (χ4n) is 0.408. The fraction of sp³-hybridized carbons (Fsp3) is 0.556. The molecule has 0 aliphatic heterocycles. The number of hydrogen-bond donors (Lipinski definition) is 1. The Hall–Kier alpha value is -0.523. The number of aliphatic hydroxyl groups excluding tert-OH is 1. The van der Waals surface area contributed by atoms with E-state index in [1.807, 2.05) is 0 Å². The van der Waals surface area contributed by atoms with Gasteiger partial charge in [0.1, 0.15) is 14.2 Å². The SMILES string of the molecule is C=C(C)C(O)C#C[Si](C)(C)C. The summed E-state index contributed by atoms with van der Waals surface area (Å²) in [5.74, 6) is 2.79. The van der Waals surface area contributed by atoms with E-state index in [-0.39, 0.29) is 0 Å². The minimum absolute atomic E-state index is 0.637. The van der Waals surface area contributed by atoms with Crippen molar-refractivity contribution < 1.29 is 5.11 Å². The monoisotopic (exact) mass is 168 g/mol. The molecule has 0 rings (SSSR count). The van der Waals surface area contributed by atoms with Crippen LogP contribution in [-0.2, 0) is 0 Å². The molecule has 0 saturated heterocycles. The second-order valence-corrected chi connectivity index (χ2v) is 8.52. The highest BCUT2D eigenvalue weighted by molar-refractivity contribution is 6.83. The van der Waals surface area contributed by atoms with Crippen LogP contribution in [0.4, 0.5) is 0 Å². The van der Waals surface area contributed by atoms with Crippen molar-refractivity contribution in [2.24, 2.45) is 0 Å². The van der Waals surface area contributed by atoms with Crippen LogP contribution in [0.25, 0.3) is 0 Å². The van der Waals surface area contributed by atoms with Crippen molar-refractivity contribution in [1.29, 1.82) is 0 Å². The molecule has 0 spiro atoms. The minimum atomic E-state index is -1.33. The van der Waals surface area contributed by atoms with E-state index in [1.54, 1.807) is 6.92 Å². The Labute approximate surface area is 70.1 Å². The Morgan fingerprint density at radius 3 is 2.18 bits per heavy atom. The zero-order valence-electron chi connectivity index (χ0n) is 7.73. The van der Waals surface area contributed by atoms with Crippen molar-refractivity contribution >= 4 is 8.07 Å². The summed E-state index contributed by atoms with van der Waals surface area (Å²) in [6.45, 7) is 11.8. The third kappa shape index (κ3) is 5.90. The molecule has 0 amide bonds. The fourth-order valence-corrected chi connectivity index (χ4v) is 0.978. The van der Waals surface area contributed by atoms with Crippen molar-refractivity contribution in [2.75, 3.05) is 0 Å². The zero-order valence-corrected chi connectivity index (χ0v) is 8.73. The van der Waals surface area contributed by atoms with Crippen LogP contribution >= 0.6 is 0 Å². The van der Waals surface area contributed by atoms with Crippen LogP contribution < -0.4 is 0 Å². The number of hydrogen-bond acceptors (Lipinski definition) is 1. The summed E-state index contributed by atoms with van der Waals surface area (Å²) in [6, 6.07) is 0. The first kappa shape index (κ1) is 10.5. The lowest BCUT2D eigenvalue weighted by Gasteiger charge is -2.05. The van der Waals surface area contributed by atoms with Gasteiger partial charge in [-0.3, -0.25) is 0 Å². The van der Waals surface area contributed by atoms with Gasteiger partial charge in [0.2, 0.25) is 0 Å². The number of rotatable bonds is 1. The van der Waals surface area contributed by atoms with Gasteiger partial charge in [-0.2, -0.15) is 0 Å². The summed E-state index contributed by atoms with van der Waals surface area (Å²) < 4.78 is 0. The van der Waals surface area contributed by atoms with Crippen molar-refractivity contribution in [1.82, 2.24) is 0 Å². The quantitative estimate of drug-likeness (QED) is 0.360. The molecule has 1 unspecified atom stereocenters. The first-order valence-corrected chi connectivity index (χ1v) is 7.19. The van der Waals surface area contributed by atoms with E-state index < -0.39 is 14.2 Å². The van der Waals surface area contributed by atoms with E-state index in [9.17, 15) is 5.11 Å². The molecule has 0 aliphatic rings. The van der Waals surface area contributed by atoms with Gasteiger partial charge in [-0.25, -0.2) is 0 Å². The Morgan fingerprint density at radius 2 is 1.91 bits per heavy atom. The van der Waals surface area contributed by atoms with Gasteiger partial charge in [0.05, 0.1) is 0 Å². The van der Waals surface area contributed by atoms with Crippen LogP contribution in [0.2, 0.25) is 19.6 Å². The summed E-state index contributed by atoms with van der Waals surface area (Å²) in [4.78, 5) is 0. The lowest BCUT2D eigenvalue weighted by Crippen LogP contribution is -2.18. The highest BCUT2D eigenvalue weighted by Gasteiger charge is 2.08. The molecule has 0 aromatic rings. The second kappa shape index (κ2) is 3.75. The maximum atomic E-state index is 9.24. The van der Waals surface area contributed by atoms with Gasteiger partial charge >= 0.3 is 0 Å². The molecular weight excluding hydrogens is 152 g/mol. The summed E-state index contributed by atoms with van der Waals surface area (Å²) in [5, 5.41) is 9.24. The Kier molecular flexibility index (Phi) is 3.57. The predicted octanol–water partition coefficient (Wildman–Crippen LogP) is 1.80. The van der Waals surface area contributed by atoms with Gasteiger partial charge in [-0.05, 0) is 12.5 Å². The van der Waals surface area contributed by atoms with E-state index in [1.165, 1.54) is 0 Å². The van der Waals surface area contributed by atoms with Gasteiger partial charge in [0.25, 0.3) is 0 Å². The van der Waals surface area contributed by atoms with Crippen LogP contribution in [0.5, 0.6) is 0 Å². The predicted molar refractivity (Wildman–Crippen MR) is 51.9 cm³/mol. The van der Waals surface area contributed by atoms with E-state index in [4.69, 9.17) is 0 Å². The Morgan fingerprint density at radius 1 is 1.45 bits per heavy atom. The molecule has 0 saturated carbocycles. The minimum Gasteiger partial charge on any atom is -0.376 e. The molecule has 1 nitrogen and oxygen atoms in total. The lowest BCUT2D eigenvalue weighted by atomic mass is 10.2. The molecule has 0 aromatic carbocycles. The lowest BCUT2D eigenvalue weighted by molar-refractivity contribution is 0.269. The van der Waals surface area contributed by atoms with Crippen molar-refractivity contribution in [3.63, 3.8) is 0 Å². The molecule has 1 atom stereocenters. The maximum absolute atomic E-state index is 9.24. The smallest absolute Gasteiger partial charge is 0.135 e. The standard InChI is InChI=1S/C9H16OSi/c1-8(2)9(10)6-7-11(3,4)5/h9-10H,1H2,2-5H3. The zero-order chi connectivity index (χ0) is 9.07. The molecule has 0 aliphatic carbocycles. The van der Waals surface area contributed by atoms with Crippen LogP contribution in [0.3, 0.4) is 0 Å². The molecule has 0 heterocycles. The normalized spacial score (nSPS) is 13.2. The molecule has 62 valence electrons. The first-order valence-electron chi connectivity index (χ1n) is 3.69. The maximum Gasteiger partial charge on any atom is 0.135 e. The van der Waals surface area contributed by atoms with Gasteiger partial charge in [0, 0.05) is 0 Å². The van der Waals surface area contributed by atoms with Gasteiger partial charge < -0.3 is 5.11 Å². The summed E-state index contributed by atoms with van der Waals surface area (Å²) in [6.07, 6.45) is -0.637. The number of aliphatic hydroxyl groups is 1. The Balaban J connectivity index is 4.19. The van der Waals surface area contributed by atoms with Crippen molar-refractivity contribution in [3.8, 4) is 11.5 Å². The molecule has 0 aromatic heterocycles. The molecule has 1 N–H and O–H groups in total. The second-order valence-electron chi connectivity index (χ2n) is 3.77. The Bertz CT molecular complexity index is 202. The summed E-state index contributed by atoms with van der Waals surface area (Å²) in [5.41, 5.74) is 3.80. The molecule has 2 heteroatoms. The molecule has 11 heavy (non-hydrogen) atoms. The average molecular weight is 168 g/mol. The van der Waals surface area contributed by atoms with Crippen LogP contribution in [0.1, 0.15) is 6.92 Å². The van der Waals surface area contributed by atoms with Crippen LogP contribution in [0.15, 0.2) is 12.2 Å². The summed E-state index contributed by atoms with van der Waals surface area (Å²) >= 11 is 0. The van der Waals surface area contributed by atoms with Gasteiger partial charge in [-0.1, -0.05) is 32.1 Å². The largest absolute Gasteiger partial charge is 0.376 e. The molecule has 0 fully saturated rings. The first-order chi connectivity index (χ1) is 4.83. The van der Waals surface area contributed by atoms with Crippen molar-refractivity contribution in [2.45, 2.75) is 32.7 Å². The molecule has 0 radical (unpaired) electrons. The topological polar surface area (TPSA) is 20.2 Å². The van der Waals surface area contributed by atoms with E-state index >= 15 is 0 Å². The molecule has 0 bridgehead atoms. The van der Waals surface area contributed by atoms with Crippen molar-refractivity contribution in [3.05, 3.63) is 12.2 Å². The van der Waals surface area contributed by atoms with E-state index in [2.05, 4.69) is 37.7 Å². The molecular formula is C9H16OSi. The van der Waals surface area contributed by atoms with Crippen LogP contribution in [0, 0.1) is 11.5 Å².